The molecule has 0 aromatic heterocycles. The first-order valence-corrected chi connectivity index (χ1v) is 4.57. The van der Waals surface area contributed by atoms with Gasteiger partial charge in [0.15, 0.2) is 0 Å². The highest BCUT2D eigenvalue weighted by molar-refractivity contribution is 4.81. The normalized spacial score (nSPS) is 26.7. The van der Waals surface area contributed by atoms with Crippen LogP contribution in [0.25, 0.3) is 0 Å². The Kier molecular flexibility index (Phi) is 3.34. The van der Waals surface area contributed by atoms with Crippen molar-refractivity contribution in [2.24, 2.45) is 0 Å². The Morgan fingerprint density at radius 3 is 2.45 bits per heavy atom. The lowest BCUT2D eigenvalue weighted by Crippen LogP contribution is -2.36. The van der Waals surface area contributed by atoms with E-state index in [-0.39, 0.29) is 0 Å². The Bertz CT molecular complexity index is 110. The maximum absolute atomic E-state index is 3.95. The summed E-state index contributed by atoms with van der Waals surface area (Å²) in [4.78, 5) is 4.69. The second-order valence-electron chi connectivity index (χ2n) is 3.24. The van der Waals surface area contributed by atoms with Gasteiger partial charge in [-0.25, -0.2) is 0 Å². The van der Waals surface area contributed by atoms with Gasteiger partial charge in [0.1, 0.15) is 0 Å². The first-order valence-electron chi connectivity index (χ1n) is 4.57. The van der Waals surface area contributed by atoms with Gasteiger partial charge in [0, 0.05) is 19.6 Å². The van der Waals surface area contributed by atoms with Crippen molar-refractivity contribution in [2.75, 3.05) is 26.2 Å². The van der Waals surface area contributed by atoms with E-state index in [0.29, 0.717) is 0 Å². The molecule has 0 saturated carbocycles. The van der Waals surface area contributed by atoms with Gasteiger partial charge in [-0.15, -0.1) is 0 Å². The van der Waals surface area contributed by atoms with Gasteiger partial charge in [0.05, 0.1) is 0 Å². The summed E-state index contributed by atoms with van der Waals surface area (Å²) < 4.78 is 0. The van der Waals surface area contributed by atoms with E-state index in [1.165, 1.54) is 26.1 Å². The number of rotatable bonds is 3. The summed E-state index contributed by atoms with van der Waals surface area (Å²) in [6, 6.07) is 0.766. The van der Waals surface area contributed by atoms with E-state index in [4.69, 9.17) is 0 Å². The summed E-state index contributed by atoms with van der Waals surface area (Å²) >= 11 is 0. The van der Waals surface area contributed by atoms with Gasteiger partial charge in [0.25, 0.3) is 0 Å². The Labute approximate surface area is 70.2 Å². The predicted molar refractivity (Wildman–Crippen MR) is 48.3 cm³/mol. The van der Waals surface area contributed by atoms with Crippen LogP contribution in [0, 0.1) is 7.05 Å². The van der Waals surface area contributed by atoms with Crippen LogP contribution in [0.5, 0.6) is 0 Å². The maximum Gasteiger partial charge on any atom is 0.0235 e. The number of likely N-dealkylation sites (N-methyl/N-ethyl adjacent to an activating group) is 1. The molecule has 1 radical (unpaired) electrons. The third kappa shape index (κ3) is 2.17. The summed E-state index contributed by atoms with van der Waals surface area (Å²) in [6.07, 6.45) is 1.30. The molecule has 11 heavy (non-hydrogen) atoms. The second-order valence-corrected chi connectivity index (χ2v) is 3.24. The summed E-state index contributed by atoms with van der Waals surface area (Å²) in [5.41, 5.74) is 0. The van der Waals surface area contributed by atoms with Crippen LogP contribution < -0.4 is 0 Å². The molecule has 0 amide bonds. The van der Waals surface area contributed by atoms with E-state index >= 15 is 0 Å². The van der Waals surface area contributed by atoms with Gasteiger partial charge < -0.3 is 4.90 Å². The zero-order chi connectivity index (χ0) is 8.27. The lowest BCUT2D eigenvalue weighted by Gasteiger charge is -2.25. The molecule has 1 saturated heterocycles. The molecule has 65 valence electrons. The van der Waals surface area contributed by atoms with Crippen molar-refractivity contribution in [3.8, 4) is 0 Å². The van der Waals surface area contributed by atoms with Crippen molar-refractivity contribution in [1.82, 2.24) is 9.80 Å². The largest absolute Gasteiger partial charge is 0.300 e. The van der Waals surface area contributed by atoms with Crippen LogP contribution in [0.15, 0.2) is 0 Å². The quantitative estimate of drug-likeness (QED) is 0.604. The van der Waals surface area contributed by atoms with E-state index in [9.17, 15) is 0 Å². The van der Waals surface area contributed by atoms with Gasteiger partial charge in [-0.3, -0.25) is 4.90 Å². The van der Waals surface area contributed by atoms with Crippen molar-refractivity contribution in [3.05, 3.63) is 7.05 Å². The van der Waals surface area contributed by atoms with E-state index in [0.717, 1.165) is 12.6 Å². The molecule has 0 aromatic carbocycles. The fraction of sp³-hybridized carbons (Fsp3) is 0.889. The molecule has 2 heteroatoms. The molecule has 1 aliphatic heterocycles. The van der Waals surface area contributed by atoms with Crippen molar-refractivity contribution in [3.63, 3.8) is 0 Å². The summed E-state index contributed by atoms with van der Waals surface area (Å²) in [5, 5.41) is 0. The zero-order valence-corrected chi connectivity index (χ0v) is 7.71. The van der Waals surface area contributed by atoms with Crippen LogP contribution >= 0.6 is 0 Å². The van der Waals surface area contributed by atoms with E-state index in [2.05, 4.69) is 30.7 Å². The predicted octanol–water partition coefficient (Wildman–Crippen LogP) is 1.19. The van der Waals surface area contributed by atoms with Crippen molar-refractivity contribution < 1.29 is 0 Å². The lowest BCUT2D eigenvalue weighted by molar-refractivity contribution is 0.221. The third-order valence-corrected chi connectivity index (χ3v) is 2.58. The summed E-state index contributed by atoms with van der Waals surface area (Å²) in [7, 11) is 3.95. The van der Waals surface area contributed by atoms with Gasteiger partial charge in [-0.1, -0.05) is 13.8 Å². The molecule has 1 atom stereocenters. The molecule has 1 fully saturated rings. The number of likely N-dealkylation sites (tertiary alicyclic amines) is 1. The third-order valence-electron chi connectivity index (χ3n) is 2.58. The highest BCUT2D eigenvalue weighted by atomic mass is 15.2. The van der Waals surface area contributed by atoms with E-state index in [1.807, 2.05) is 0 Å². The standard InChI is InChI=1S/C9H19N2/c1-4-11(5-2)9-6-7-10(3)8-9/h9H,3-8H2,1-2H3. The fourth-order valence-electron chi connectivity index (χ4n) is 1.85. The van der Waals surface area contributed by atoms with Gasteiger partial charge in [-0.2, -0.15) is 0 Å². The molecule has 0 N–H and O–H groups in total. The molecular weight excluding hydrogens is 136 g/mol. The average Bonchev–Trinajstić information content (AvgIpc) is 2.39. The Morgan fingerprint density at radius 2 is 2.09 bits per heavy atom. The minimum absolute atomic E-state index is 0.766. The van der Waals surface area contributed by atoms with Gasteiger partial charge in [-0.05, 0) is 26.1 Å². The zero-order valence-electron chi connectivity index (χ0n) is 7.71. The average molecular weight is 155 g/mol. The SMILES string of the molecule is [CH2]N1CCC(N(CC)CC)C1. The highest BCUT2D eigenvalue weighted by Crippen LogP contribution is 2.13. The summed E-state index contributed by atoms with van der Waals surface area (Å²) in [5.74, 6) is 0. The van der Waals surface area contributed by atoms with Crippen molar-refractivity contribution >= 4 is 0 Å². The van der Waals surface area contributed by atoms with E-state index in [1.54, 1.807) is 0 Å². The van der Waals surface area contributed by atoms with Crippen LogP contribution in [-0.2, 0) is 0 Å². The molecule has 0 aromatic rings. The fourth-order valence-corrected chi connectivity index (χ4v) is 1.85. The molecule has 1 rings (SSSR count). The second kappa shape index (κ2) is 4.07. The molecule has 1 aliphatic rings. The minimum Gasteiger partial charge on any atom is -0.300 e. The topological polar surface area (TPSA) is 6.48 Å². The Balaban J connectivity index is 2.34. The number of nitrogens with zero attached hydrogens (tertiary/aromatic N) is 2. The lowest BCUT2D eigenvalue weighted by atomic mass is 10.2. The van der Waals surface area contributed by atoms with Crippen LogP contribution in [-0.4, -0.2) is 42.0 Å². The number of hydrogen-bond donors (Lipinski definition) is 0. The molecule has 1 unspecified atom stereocenters. The monoisotopic (exact) mass is 155 g/mol. The molecule has 1 heterocycles. The van der Waals surface area contributed by atoms with Gasteiger partial charge in [0.2, 0.25) is 0 Å². The van der Waals surface area contributed by atoms with Crippen LogP contribution in [0.3, 0.4) is 0 Å². The maximum atomic E-state index is 3.95. The summed E-state index contributed by atoms with van der Waals surface area (Å²) in [6.45, 7) is 9.14. The van der Waals surface area contributed by atoms with Crippen molar-refractivity contribution in [1.29, 1.82) is 0 Å². The highest BCUT2D eigenvalue weighted by Gasteiger charge is 2.23. The van der Waals surface area contributed by atoms with Crippen LogP contribution in [0.1, 0.15) is 20.3 Å². The molecule has 0 bridgehead atoms. The molecule has 0 aliphatic carbocycles. The Hall–Kier alpha value is -0.0800. The first kappa shape index (κ1) is 9.01. The minimum atomic E-state index is 0.766. The first-order chi connectivity index (χ1) is 5.27. The molecule has 0 spiro atoms. The molecular formula is C9H19N2. The van der Waals surface area contributed by atoms with Crippen LogP contribution in [0.2, 0.25) is 0 Å². The molecule has 2 nitrogen and oxygen atoms in total. The van der Waals surface area contributed by atoms with Gasteiger partial charge >= 0.3 is 0 Å². The van der Waals surface area contributed by atoms with Crippen LogP contribution in [0.4, 0.5) is 0 Å². The van der Waals surface area contributed by atoms with Crippen molar-refractivity contribution in [2.45, 2.75) is 26.3 Å². The number of hydrogen-bond acceptors (Lipinski definition) is 2. The Morgan fingerprint density at radius 1 is 1.45 bits per heavy atom. The van der Waals surface area contributed by atoms with E-state index < -0.39 is 0 Å². The smallest absolute Gasteiger partial charge is 0.0235 e.